The molecule has 27 heavy (non-hydrogen) atoms. The minimum Gasteiger partial charge on any atom is -0.341 e. The number of hydrogen-bond donors (Lipinski definition) is 2. The quantitative estimate of drug-likeness (QED) is 0.840. The smallest absolute Gasteiger partial charge is 0.241 e. The molecule has 2 atom stereocenters. The van der Waals surface area contributed by atoms with Gasteiger partial charge in [0.1, 0.15) is 11.9 Å². The van der Waals surface area contributed by atoms with Crippen molar-refractivity contribution in [2.24, 2.45) is 0 Å². The molecule has 1 amide bonds. The van der Waals surface area contributed by atoms with Crippen molar-refractivity contribution in [2.45, 2.75) is 57.2 Å². The van der Waals surface area contributed by atoms with Gasteiger partial charge in [-0.05, 0) is 43.4 Å². The zero-order valence-corrected chi connectivity index (χ0v) is 15.8. The number of hydrazine groups is 1. The Balaban J connectivity index is 1.35. The minimum absolute atomic E-state index is 0.0832. The summed E-state index contributed by atoms with van der Waals surface area (Å²) in [6.45, 7) is 4.57. The normalized spacial score (nSPS) is 23.7. The first kappa shape index (κ1) is 18.1. The average Bonchev–Trinajstić information content (AvgIpc) is 3.38. The van der Waals surface area contributed by atoms with Gasteiger partial charge in [0, 0.05) is 56.4 Å². The van der Waals surface area contributed by atoms with E-state index >= 15 is 0 Å². The van der Waals surface area contributed by atoms with E-state index in [1.807, 2.05) is 41.8 Å². The van der Waals surface area contributed by atoms with E-state index < -0.39 is 0 Å². The predicted octanol–water partition coefficient (Wildman–Crippen LogP) is 1.68. The first-order valence-electron chi connectivity index (χ1n) is 9.94. The molecule has 0 radical (unpaired) electrons. The van der Waals surface area contributed by atoms with Crippen LogP contribution in [0, 0.1) is 0 Å². The van der Waals surface area contributed by atoms with E-state index in [0.717, 1.165) is 51.1 Å². The summed E-state index contributed by atoms with van der Waals surface area (Å²) in [5.74, 6) is 1.77. The Bertz CT molecular complexity index is 753. The maximum atomic E-state index is 12.8. The number of amides is 1. The molecule has 0 aromatic carbocycles. The third kappa shape index (κ3) is 4.04. The Hall–Kier alpha value is -2.25. The molecule has 7 nitrogen and oxygen atoms in total. The fraction of sp³-hybridized carbons (Fsp3) is 0.550. The van der Waals surface area contributed by atoms with Gasteiger partial charge in [-0.2, -0.15) is 0 Å². The fourth-order valence-electron chi connectivity index (χ4n) is 4.13. The number of aromatic nitrogens is 3. The zero-order chi connectivity index (χ0) is 18.6. The number of carbonyl (C=O) groups excluding carboxylic acids is 1. The molecule has 144 valence electrons. The van der Waals surface area contributed by atoms with Gasteiger partial charge in [-0.25, -0.2) is 10.4 Å². The molecule has 2 aromatic heterocycles. The zero-order valence-electron chi connectivity index (χ0n) is 15.8. The molecular formula is C20H28N6O. The van der Waals surface area contributed by atoms with E-state index in [2.05, 4.69) is 32.3 Å². The van der Waals surface area contributed by atoms with E-state index in [4.69, 9.17) is 0 Å². The number of nitrogens with one attached hydrogen (secondary N) is 2. The topological polar surface area (TPSA) is 75.1 Å². The van der Waals surface area contributed by atoms with Crippen molar-refractivity contribution >= 4 is 5.91 Å². The van der Waals surface area contributed by atoms with Gasteiger partial charge in [0.05, 0.1) is 0 Å². The maximum Gasteiger partial charge on any atom is 0.241 e. The summed E-state index contributed by atoms with van der Waals surface area (Å²) in [6.07, 6.45) is 11.4. The second-order valence-electron chi connectivity index (χ2n) is 7.55. The second-order valence-corrected chi connectivity index (χ2v) is 7.55. The number of hydrogen-bond acceptors (Lipinski definition) is 5. The van der Waals surface area contributed by atoms with Crippen LogP contribution in [-0.2, 0) is 11.3 Å². The van der Waals surface area contributed by atoms with E-state index in [9.17, 15) is 4.79 Å². The summed E-state index contributed by atoms with van der Waals surface area (Å²) < 4.78 is 2.23. The van der Waals surface area contributed by atoms with Gasteiger partial charge in [0.15, 0.2) is 0 Å². The van der Waals surface area contributed by atoms with Crippen molar-refractivity contribution in [1.82, 2.24) is 30.3 Å². The molecule has 2 aromatic rings. The third-order valence-electron chi connectivity index (χ3n) is 5.79. The van der Waals surface area contributed by atoms with Crippen molar-refractivity contribution in [3.63, 3.8) is 0 Å². The van der Waals surface area contributed by atoms with E-state index in [1.54, 1.807) is 0 Å². The number of rotatable bonds is 5. The highest BCUT2D eigenvalue weighted by Gasteiger charge is 2.34. The van der Waals surface area contributed by atoms with Crippen molar-refractivity contribution in [3.05, 3.63) is 48.3 Å². The number of pyridine rings is 1. The largest absolute Gasteiger partial charge is 0.341 e. The van der Waals surface area contributed by atoms with Crippen LogP contribution in [0.1, 0.15) is 49.9 Å². The highest BCUT2D eigenvalue weighted by Crippen LogP contribution is 2.28. The molecule has 0 aliphatic carbocycles. The highest BCUT2D eigenvalue weighted by atomic mass is 16.2. The average molecular weight is 368 g/mol. The SMILES string of the molecule is CCC1CC(C(=O)N2CCC(c3nccn3Cc3ccncc3)CC2)NN1. The molecule has 2 fully saturated rings. The minimum atomic E-state index is -0.0832. The van der Waals surface area contributed by atoms with Crippen LogP contribution in [0.4, 0.5) is 0 Å². The van der Waals surface area contributed by atoms with Crippen LogP contribution in [-0.4, -0.2) is 50.5 Å². The van der Waals surface area contributed by atoms with E-state index in [-0.39, 0.29) is 11.9 Å². The van der Waals surface area contributed by atoms with Crippen LogP contribution in [0.25, 0.3) is 0 Å². The van der Waals surface area contributed by atoms with Gasteiger partial charge in [-0.1, -0.05) is 6.92 Å². The lowest BCUT2D eigenvalue weighted by Gasteiger charge is -2.33. The summed E-state index contributed by atoms with van der Waals surface area (Å²) in [5.41, 5.74) is 7.61. The molecule has 4 rings (SSSR count). The fourth-order valence-corrected chi connectivity index (χ4v) is 4.13. The summed E-state index contributed by atoms with van der Waals surface area (Å²) in [4.78, 5) is 23.5. The summed E-state index contributed by atoms with van der Waals surface area (Å²) in [6, 6.07) is 4.39. The molecule has 2 saturated heterocycles. The van der Waals surface area contributed by atoms with Crippen LogP contribution < -0.4 is 10.9 Å². The highest BCUT2D eigenvalue weighted by molar-refractivity contribution is 5.82. The summed E-state index contributed by atoms with van der Waals surface area (Å²) >= 11 is 0. The number of likely N-dealkylation sites (tertiary alicyclic amines) is 1. The number of imidazole rings is 1. The van der Waals surface area contributed by atoms with Crippen LogP contribution in [0.5, 0.6) is 0 Å². The van der Waals surface area contributed by atoms with Crippen molar-refractivity contribution in [1.29, 1.82) is 0 Å². The van der Waals surface area contributed by atoms with Crippen LogP contribution in [0.15, 0.2) is 36.9 Å². The molecule has 0 saturated carbocycles. The van der Waals surface area contributed by atoms with Crippen molar-refractivity contribution in [2.75, 3.05) is 13.1 Å². The van der Waals surface area contributed by atoms with Gasteiger partial charge in [-0.3, -0.25) is 15.2 Å². The molecule has 0 spiro atoms. The van der Waals surface area contributed by atoms with E-state index in [0.29, 0.717) is 12.0 Å². The van der Waals surface area contributed by atoms with Gasteiger partial charge in [-0.15, -0.1) is 0 Å². The predicted molar refractivity (Wildman–Crippen MR) is 103 cm³/mol. The lowest BCUT2D eigenvalue weighted by molar-refractivity contribution is -0.134. The standard InChI is InChI=1S/C20H28N6O/c1-2-17-13-18(24-23-17)20(27)25-10-5-16(6-11-25)19-22-9-12-26(19)14-15-3-7-21-8-4-15/h3-4,7-9,12,16-18,23-24H,2,5-6,10-11,13-14H2,1H3. The van der Waals surface area contributed by atoms with Crippen LogP contribution >= 0.6 is 0 Å². The van der Waals surface area contributed by atoms with Gasteiger partial charge in [0.25, 0.3) is 0 Å². The van der Waals surface area contributed by atoms with Crippen molar-refractivity contribution in [3.8, 4) is 0 Å². The Kier molecular flexibility index (Phi) is 5.50. The summed E-state index contributed by atoms with van der Waals surface area (Å²) in [5, 5.41) is 0. The molecule has 2 N–H and O–H groups in total. The monoisotopic (exact) mass is 368 g/mol. The molecule has 4 heterocycles. The first-order valence-corrected chi connectivity index (χ1v) is 9.94. The van der Waals surface area contributed by atoms with Gasteiger partial charge >= 0.3 is 0 Å². The molecule has 2 aliphatic rings. The summed E-state index contributed by atoms with van der Waals surface area (Å²) in [7, 11) is 0. The van der Waals surface area contributed by atoms with Gasteiger partial charge < -0.3 is 9.47 Å². The van der Waals surface area contributed by atoms with E-state index in [1.165, 1.54) is 5.56 Å². The van der Waals surface area contributed by atoms with Crippen molar-refractivity contribution < 1.29 is 4.79 Å². The first-order chi connectivity index (χ1) is 13.2. The lowest BCUT2D eigenvalue weighted by Crippen LogP contribution is -2.48. The molecule has 7 heteroatoms. The molecule has 2 unspecified atom stereocenters. The Morgan fingerprint density at radius 2 is 1.96 bits per heavy atom. The maximum absolute atomic E-state index is 12.8. The third-order valence-corrected chi connectivity index (χ3v) is 5.79. The van der Waals surface area contributed by atoms with Gasteiger partial charge in [0.2, 0.25) is 5.91 Å². The lowest BCUT2D eigenvalue weighted by atomic mass is 9.95. The number of carbonyl (C=O) groups is 1. The van der Waals surface area contributed by atoms with Crippen LogP contribution in [0.3, 0.4) is 0 Å². The van der Waals surface area contributed by atoms with Crippen LogP contribution in [0.2, 0.25) is 0 Å². The second kappa shape index (κ2) is 8.19. The Morgan fingerprint density at radius 1 is 1.19 bits per heavy atom. The molecule has 0 bridgehead atoms. The number of nitrogens with zero attached hydrogens (tertiary/aromatic N) is 4. The number of piperidine rings is 1. The Labute approximate surface area is 160 Å². The molecular weight excluding hydrogens is 340 g/mol. The Morgan fingerprint density at radius 3 is 2.67 bits per heavy atom. The molecule has 2 aliphatic heterocycles.